The number of rotatable bonds is 11. The second-order valence-electron chi connectivity index (χ2n) is 7.81. The number of benzene rings is 2. The van der Waals surface area contributed by atoms with Gasteiger partial charge in [0.15, 0.2) is 0 Å². The van der Waals surface area contributed by atoms with Crippen molar-refractivity contribution >= 4 is 17.7 Å². The molecule has 29 heavy (non-hydrogen) atoms. The Bertz CT molecular complexity index is 744. The van der Waals surface area contributed by atoms with Crippen LogP contribution in [0.5, 0.6) is 5.75 Å². The number of thioether (sulfide) groups is 1. The Morgan fingerprint density at radius 3 is 2.31 bits per heavy atom. The molecule has 0 heterocycles. The molecule has 0 aromatic heterocycles. The van der Waals surface area contributed by atoms with Gasteiger partial charge in [-0.25, -0.2) is 0 Å². The van der Waals surface area contributed by atoms with Gasteiger partial charge in [0.05, 0.1) is 20.3 Å². The molecule has 0 saturated carbocycles. The van der Waals surface area contributed by atoms with Crippen molar-refractivity contribution < 1.29 is 19.4 Å². The van der Waals surface area contributed by atoms with Crippen LogP contribution in [0.25, 0.3) is 0 Å². The highest BCUT2D eigenvalue weighted by molar-refractivity contribution is 8.00. The number of nitrogens with one attached hydrogen (secondary N) is 1. The van der Waals surface area contributed by atoms with Crippen LogP contribution in [0.4, 0.5) is 0 Å². The lowest BCUT2D eigenvalue weighted by atomic mass is 10.1. The highest BCUT2D eigenvalue weighted by atomic mass is 32.2. The minimum Gasteiger partial charge on any atom is -0.497 e. The molecule has 2 N–H and O–H groups in total. The maximum Gasteiger partial charge on any atom is 0.323 e. The van der Waals surface area contributed by atoms with E-state index in [4.69, 9.17) is 9.47 Å². The zero-order chi connectivity index (χ0) is 21.3. The molecule has 0 unspecified atom stereocenters. The molecule has 2 atom stereocenters. The molecule has 0 saturated heterocycles. The van der Waals surface area contributed by atoms with Crippen molar-refractivity contribution in [3.8, 4) is 5.75 Å². The van der Waals surface area contributed by atoms with Crippen molar-refractivity contribution in [2.45, 2.75) is 44.2 Å². The van der Waals surface area contributed by atoms with E-state index < -0.39 is 12.0 Å². The fourth-order valence-corrected chi connectivity index (χ4v) is 3.67. The quantitative estimate of drug-likeness (QED) is 0.560. The Hall–Kier alpha value is -2.02. The SMILES string of the molecule is COc1ccc([C@H](CSC(C)(C)C)N[C@@H](COCc2ccccc2)C(=O)O)cc1. The van der Waals surface area contributed by atoms with Crippen molar-refractivity contribution in [2.75, 3.05) is 19.5 Å². The van der Waals surface area contributed by atoms with E-state index in [1.54, 1.807) is 18.9 Å². The first kappa shape index (κ1) is 23.3. The van der Waals surface area contributed by atoms with E-state index in [1.807, 2.05) is 54.6 Å². The van der Waals surface area contributed by atoms with Crippen LogP contribution >= 0.6 is 11.8 Å². The minimum atomic E-state index is -0.919. The normalized spacial score (nSPS) is 13.7. The molecule has 2 aromatic carbocycles. The molecule has 5 nitrogen and oxygen atoms in total. The van der Waals surface area contributed by atoms with Crippen LogP contribution in [-0.2, 0) is 16.1 Å². The summed E-state index contributed by atoms with van der Waals surface area (Å²) in [4.78, 5) is 11.8. The van der Waals surface area contributed by atoms with Crippen LogP contribution < -0.4 is 10.1 Å². The van der Waals surface area contributed by atoms with Gasteiger partial charge >= 0.3 is 5.97 Å². The molecular weight excluding hydrogens is 386 g/mol. The molecule has 6 heteroatoms. The number of hydrogen-bond donors (Lipinski definition) is 2. The predicted octanol–water partition coefficient (Wildman–Crippen LogP) is 4.53. The van der Waals surface area contributed by atoms with Gasteiger partial charge in [0.25, 0.3) is 0 Å². The van der Waals surface area contributed by atoms with Crippen LogP contribution in [0.15, 0.2) is 54.6 Å². The monoisotopic (exact) mass is 417 g/mol. The Kier molecular flexibility index (Phi) is 9.01. The lowest BCUT2D eigenvalue weighted by molar-refractivity contribution is -0.141. The Balaban J connectivity index is 2.06. The van der Waals surface area contributed by atoms with E-state index in [9.17, 15) is 9.90 Å². The van der Waals surface area contributed by atoms with Crippen molar-refractivity contribution in [1.29, 1.82) is 0 Å². The van der Waals surface area contributed by atoms with Gasteiger partial charge in [-0.15, -0.1) is 0 Å². The third kappa shape index (κ3) is 8.48. The van der Waals surface area contributed by atoms with E-state index in [-0.39, 0.29) is 17.4 Å². The molecule has 2 rings (SSSR count). The largest absolute Gasteiger partial charge is 0.497 e. The minimum absolute atomic E-state index is 0.0783. The van der Waals surface area contributed by atoms with Crippen LogP contribution in [0.2, 0.25) is 0 Å². The summed E-state index contributed by atoms with van der Waals surface area (Å²) >= 11 is 1.79. The van der Waals surface area contributed by atoms with Gasteiger partial charge in [-0.2, -0.15) is 11.8 Å². The maximum absolute atomic E-state index is 11.8. The first-order valence-corrected chi connectivity index (χ1v) is 10.7. The highest BCUT2D eigenvalue weighted by Crippen LogP contribution is 2.29. The van der Waals surface area contributed by atoms with Gasteiger partial charge < -0.3 is 14.6 Å². The van der Waals surface area contributed by atoms with Gasteiger partial charge in [0, 0.05) is 16.5 Å². The topological polar surface area (TPSA) is 67.8 Å². The van der Waals surface area contributed by atoms with Crippen LogP contribution in [0.1, 0.15) is 37.9 Å². The summed E-state index contributed by atoms with van der Waals surface area (Å²) in [5.74, 6) is 0.604. The Labute approximate surface area is 177 Å². The van der Waals surface area contributed by atoms with E-state index in [0.29, 0.717) is 6.61 Å². The summed E-state index contributed by atoms with van der Waals surface area (Å²) < 4.78 is 11.0. The van der Waals surface area contributed by atoms with Crippen LogP contribution in [0.3, 0.4) is 0 Å². The van der Waals surface area contributed by atoms with Gasteiger partial charge in [-0.1, -0.05) is 63.2 Å². The molecule has 158 valence electrons. The van der Waals surface area contributed by atoms with E-state index >= 15 is 0 Å². The van der Waals surface area contributed by atoms with E-state index in [2.05, 4.69) is 26.1 Å². The second-order valence-corrected chi connectivity index (χ2v) is 9.65. The van der Waals surface area contributed by atoms with Crippen LogP contribution in [-0.4, -0.2) is 41.3 Å². The summed E-state index contributed by atoms with van der Waals surface area (Å²) in [6, 6.07) is 16.6. The first-order chi connectivity index (χ1) is 13.8. The number of methoxy groups -OCH3 is 1. The second kappa shape index (κ2) is 11.2. The zero-order valence-corrected chi connectivity index (χ0v) is 18.4. The van der Waals surface area contributed by atoms with Crippen molar-refractivity contribution in [2.24, 2.45) is 0 Å². The molecule has 0 amide bonds. The summed E-state index contributed by atoms with van der Waals surface area (Å²) in [6.07, 6.45) is 0. The van der Waals surface area contributed by atoms with Gasteiger partial charge in [0.2, 0.25) is 0 Å². The maximum atomic E-state index is 11.8. The fraction of sp³-hybridized carbons (Fsp3) is 0.435. The summed E-state index contributed by atoms with van der Waals surface area (Å²) in [5.41, 5.74) is 2.04. The third-order valence-electron chi connectivity index (χ3n) is 4.30. The molecule has 0 fully saturated rings. The first-order valence-electron chi connectivity index (χ1n) is 9.67. The predicted molar refractivity (Wildman–Crippen MR) is 119 cm³/mol. The Morgan fingerprint density at radius 1 is 1.10 bits per heavy atom. The molecule has 0 aliphatic rings. The lowest BCUT2D eigenvalue weighted by Crippen LogP contribution is -2.43. The summed E-state index contributed by atoms with van der Waals surface area (Å²) in [5, 5.41) is 13.0. The number of carbonyl (C=O) groups is 1. The number of ether oxygens (including phenoxy) is 2. The summed E-state index contributed by atoms with van der Waals surface area (Å²) in [7, 11) is 1.63. The molecule has 0 aliphatic heterocycles. The molecule has 0 spiro atoms. The van der Waals surface area contributed by atoms with Gasteiger partial charge in [-0.05, 0) is 23.3 Å². The summed E-state index contributed by atoms with van der Waals surface area (Å²) in [6.45, 7) is 6.94. The van der Waals surface area contributed by atoms with Gasteiger partial charge in [0.1, 0.15) is 11.8 Å². The van der Waals surface area contributed by atoms with E-state index in [0.717, 1.165) is 22.6 Å². The standard InChI is InChI=1S/C23H31NO4S/c1-23(2,3)29-16-21(18-10-12-19(27-4)13-11-18)24-20(22(25)26)15-28-14-17-8-6-5-7-9-17/h5-13,20-21,24H,14-16H2,1-4H3,(H,25,26)/t20-,21-/m0/s1. The number of carboxylic acid groups (broad SMARTS) is 1. The molecular formula is C23H31NO4S. The molecule has 2 aromatic rings. The zero-order valence-electron chi connectivity index (χ0n) is 17.6. The van der Waals surface area contributed by atoms with Crippen LogP contribution in [0, 0.1) is 0 Å². The highest BCUT2D eigenvalue weighted by Gasteiger charge is 2.25. The third-order valence-corrected chi connectivity index (χ3v) is 5.66. The molecule has 0 aliphatic carbocycles. The molecule has 0 bridgehead atoms. The average molecular weight is 418 g/mol. The number of aliphatic carboxylic acids is 1. The van der Waals surface area contributed by atoms with Crippen molar-refractivity contribution in [3.05, 3.63) is 65.7 Å². The van der Waals surface area contributed by atoms with Crippen molar-refractivity contribution in [1.82, 2.24) is 5.32 Å². The average Bonchev–Trinajstić information content (AvgIpc) is 2.70. The fourth-order valence-electron chi connectivity index (χ4n) is 2.71. The van der Waals surface area contributed by atoms with Crippen molar-refractivity contribution in [3.63, 3.8) is 0 Å². The molecule has 0 radical (unpaired) electrons. The number of carboxylic acids is 1. The Morgan fingerprint density at radius 2 is 1.76 bits per heavy atom. The van der Waals surface area contributed by atoms with Gasteiger partial charge in [-0.3, -0.25) is 10.1 Å². The van der Waals surface area contributed by atoms with E-state index in [1.165, 1.54) is 0 Å². The lowest BCUT2D eigenvalue weighted by Gasteiger charge is -2.27. The number of hydrogen-bond acceptors (Lipinski definition) is 5. The smallest absolute Gasteiger partial charge is 0.323 e.